The number of benzene rings is 3. The zero-order valence-electron chi connectivity index (χ0n) is 25.0. The average Bonchev–Trinajstić information content (AvgIpc) is 3.77. The van der Waals surface area contributed by atoms with Gasteiger partial charge in [-0.05, 0) is 80.5 Å². The van der Waals surface area contributed by atoms with Crippen molar-refractivity contribution in [3.8, 4) is 5.75 Å². The van der Waals surface area contributed by atoms with Gasteiger partial charge in [-0.25, -0.2) is 0 Å². The summed E-state index contributed by atoms with van der Waals surface area (Å²) in [7, 11) is 0. The molecule has 2 aliphatic carbocycles. The highest BCUT2D eigenvalue weighted by atomic mass is 79.9. The third kappa shape index (κ3) is 4.77. The number of thiazole rings is 1. The molecule has 4 aromatic rings. The highest BCUT2D eigenvalue weighted by molar-refractivity contribution is 9.10. The topological polar surface area (TPSA) is 109 Å². The number of thioether (sulfide) groups is 1. The van der Waals surface area contributed by atoms with Crippen molar-refractivity contribution < 1.29 is 19.1 Å². The molecule has 0 radical (unpaired) electrons. The number of hydrogen-bond donors (Lipinski definition) is 2. The van der Waals surface area contributed by atoms with Gasteiger partial charge in [0, 0.05) is 31.8 Å². The number of ether oxygens (including phenoxy) is 1. The zero-order chi connectivity index (χ0) is 31.9. The van der Waals surface area contributed by atoms with Crippen molar-refractivity contribution in [2.45, 2.75) is 36.5 Å². The van der Waals surface area contributed by atoms with E-state index in [0.29, 0.717) is 17.1 Å². The van der Waals surface area contributed by atoms with Crippen LogP contribution < -0.4 is 19.8 Å². The fourth-order valence-electron chi connectivity index (χ4n) is 8.18. The number of fused-ring (bicyclic) bond motifs is 9. The van der Waals surface area contributed by atoms with E-state index >= 15 is 0 Å². The number of aryl methyl sites for hydroxylation is 2. The first-order valence-corrected chi connectivity index (χ1v) is 17.8. The van der Waals surface area contributed by atoms with Gasteiger partial charge < -0.3 is 15.0 Å². The van der Waals surface area contributed by atoms with Gasteiger partial charge in [-0.1, -0.05) is 62.7 Å². The summed E-state index contributed by atoms with van der Waals surface area (Å²) in [6.07, 6.45) is 0.787. The molecule has 1 saturated heterocycles. The van der Waals surface area contributed by atoms with Gasteiger partial charge in [0.15, 0.2) is 6.61 Å². The lowest BCUT2D eigenvalue weighted by molar-refractivity contribution is -0.123. The third-order valence-corrected chi connectivity index (χ3v) is 13.1. The smallest absolute Gasteiger partial charge is 0.305 e. The zero-order valence-corrected chi connectivity index (χ0v) is 28.2. The summed E-state index contributed by atoms with van der Waals surface area (Å²) in [5.74, 6) is -1.01. The van der Waals surface area contributed by atoms with Gasteiger partial charge in [-0.3, -0.25) is 24.1 Å². The predicted octanol–water partition coefficient (Wildman–Crippen LogP) is 6.51. The lowest BCUT2D eigenvalue weighted by atomic mass is 9.68. The van der Waals surface area contributed by atoms with Crippen LogP contribution in [0.25, 0.3) is 0 Å². The number of nitrogens with one attached hydrogen (secondary N) is 2. The maximum Gasteiger partial charge on any atom is 0.305 e. The van der Waals surface area contributed by atoms with Crippen LogP contribution in [0.3, 0.4) is 0 Å². The molecule has 1 aromatic heterocycles. The first-order chi connectivity index (χ1) is 22.2. The highest BCUT2D eigenvalue weighted by Gasteiger charge is 2.69. The molecular weight excluding hydrogens is 686 g/mol. The Morgan fingerprint density at radius 3 is 2.35 bits per heavy atom. The van der Waals surface area contributed by atoms with Gasteiger partial charge >= 0.3 is 4.87 Å². The minimum atomic E-state index is -0.405. The number of aromatic nitrogens is 1. The van der Waals surface area contributed by atoms with Gasteiger partial charge in [0.1, 0.15) is 5.75 Å². The van der Waals surface area contributed by atoms with E-state index in [-0.39, 0.29) is 64.0 Å². The maximum absolute atomic E-state index is 14.1. The van der Waals surface area contributed by atoms with Crippen LogP contribution in [0.1, 0.15) is 33.9 Å². The van der Waals surface area contributed by atoms with E-state index in [1.165, 1.54) is 16.2 Å². The number of H-pyrrole nitrogens is 1. The number of carbonyl (C=O) groups excluding carboxylic acids is 3. The molecule has 3 amide bonds. The van der Waals surface area contributed by atoms with Gasteiger partial charge in [0.2, 0.25) is 11.8 Å². The molecule has 2 N–H and O–H groups in total. The van der Waals surface area contributed by atoms with Crippen LogP contribution in [-0.2, 0) is 14.4 Å². The van der Waals surface area contributed by atoms with Crippen LogP contribution in [0.4, 0.5) is 11.4 Å². The lowest BCUT2D eigenvalue weighted by Crippen LogP contribution is -2.42. The van der Waals surface area contributed by atoms with Crippen LogP contribution in [-0.4, -0.2) is 34.6 Å². The van der Waals surface area contributed by atoms with Crippen molar-refractivity contribution in [3.63, 3.8) is 0 Å². The number of anilines is 2. The average molecular weight is 717 g/mol. The molecule has 234 valence electrons. The lowest BCUT2D eigenvalue weighted by Gasteiger charge is -2.43. The summed E-state index contributed by atoms with van der Waals surface area (Å²) in [5.41, 5.74) is 4.34. The van der Waals surface area contributed by atoms with Gasteiger partial charge in [0.25, 0.3) is 5.91 Å². The molecule has 7 atom stereocenters. The van der Waals surface area contributed by atoms with Crippen LogP contribution in [0.5, 0.6) is 5.75 Å². The number of aromatic amines is 1. The molecule has 11 heteroatoms. The Morgan fingerprint density at radius 1 is 0.957 bits per heavy atom. The van der Waals surface area contributed by atoms with Crippen molar-refractivity contribution in [3.05, 3.63) is 102 Å². The predicted molar refractivity (Wildman–Crippen MR) is 182 cm³/mol. The highest BCUT2D eigenvalue weighted by Crippen LogP contribution is 2.69. The Labute approximate surface area is 282 Å². The van der Waals surface area contributed by atoms with Crippen LogP contribution in [0.2, 0.25) is 0 Å². The molecule has 2 saturated carbocycles. The van der Waals surface area contributed by atoms with E-state index in [4.69, 9.17) is 4.74 Å². The molecule has 3 fully saturated rings. The Morgan fingerprint density at radius 2 is 1.63 bits per heavy atom. The summed E-state index contributed by atoms with van der Waals surface area (Å²) < 4.78 is 7.05. The van der Waals surface area contributed by atoms with Crippen LogP contribution in [0.15, 0.2) is 81.0 Å². The van der Waals surface area contributed by atoms with E-state index in [0.717, 1.165) is 37.5 Å². The molecule has 4 unspecified atom stereocenters. The van der Waals surface area contributed by atoms with E-state index in [2.05, 4.69) is 26.2 Å². The molecule has 8 rings (SSSR count). The summed E-state index contributed by atoms with van der Waals surface area (Å²) >= 11 is 6.48. The minimum Gasteiger partial charge on any atom is -0.483 e. The first-order valence-electron chi connectivity index (χ1n) is 15.3. The first kappa shape index (κ1) is 29.7. The molecular formula is C35H30BrN3O5S2. The molecule has 2 bridgehead atoms. The van der Waals surface area contributed by atoms with Crippen molar-refractivity contribution in [1.82, 2.24) is 4.98 Å². The minimum absolute atomic E-state index is 0.00273. The van der Waals surface area contributed by atoms with Crippen LogP contribution in [0, 0.1) is 43.4 Å². The second-order valence-electron chi connectivity index (χ2n) is 12.7. The second kappa shape index (κ2) is 11.2. The monoisotopic (exact) mass is 715 g/mol. The summed E-state index contributed by atoms with van der Waals surface area (Å²) in [6.45, 7) is 3.78. The number of rotatable bonds is 6. The normalized spacial score (nSPS) is 27.4. The number of carbonyl (C=O) groups is 3. The van der Waals surface area contributed by atoms with Crippen molar-refractivity contribution in [2.24, 2.45) is 29.6 Å². The molecule has 8 nitrogen and oxygen atoms in total. The van der Waals surface area contributed by atoms with Crippen molar-refractivity contribution in [2.75, 3.05) is 16.8 Å². The Kier molecular flexibility index (Phi) is 7.26. The second-order valence-corrected chi connectivity index (χ2v) is 15.8. The molecule has 0 spiro atoms. The van der Waals surface area contributed by atoms with Gasteiger partial charge in [-0.15, -0.1) is 11.8 Å². The Bertz CT molecular complexity index is 1960. The van der Waals surface area contributed by atoms with Gasteiger partial charge in [-0.2, -0.15) is 0 Å². The Hall–Kier alpha value is -3.67. The fourth-order valence-corrected chi connectivity index (χ4v) is 11.4. The van der Waals surface area contributed by atoms with Crippen molar-refractivity contribution >= 4 is 68.1 Å². The molecule has 3 aromatic carbocycles. The molecule has 2 aliphatic heterocycles. The summed E-state index contributed by atoms with van der Waals surface area (Å²) in [4.78, 5) is 58.9. The largest absolute Gasteiger partial charge is 0.483 e. The molecule has 4 aliphatic rings. The maximum atomic E-state index is 14.1. The van der Waals surface area contributed by atoms with Crippen molar-refractivity contribution in [1.29, 1.82) is 0 Å². The Balaban J connectivity index is 1.14. The third-order valence-electron chi connectivity index (χ3n) is 10.0. The number of imide groups is 1. The standard InChI is InChI=1S/C35H30BrN3O5S2/c1-16-3-8-19(9-4-16)37-25(40)15-44-24-12-7-18(36)13-21(24)26-27-22-14-23(30(27)45-32-31(26)46-35(43)38-32)29-28(22)33(41)39(34(29)42)20-10-5-17(2)6-11-20/h3-13,22-23,26-30H,14-15H2,1-2H3,(H,37,40)(H,38,43)/t22-,23-,26-,27?,28?,29?,30?/m1/s1. The number of hydrogen-bond acceptors (Lipinski definition) is 7. The summed E-state index contributed by atoms with van der Waals surface area (Å²) in [6, 6.07) is 20.8. The van der Waals surface area contributed by atoms with Crippen LogP contribution >= 0.6 is 39.0 Å². The van der Waals surface area contributed by atoms with E-state index in [9.17, 15) is 19.2 Å². The summed E-state index contributed by atoms with van der Waals surface area (Å²) in [5, 5.41) is 3.75. The number of halogens is 1. The SMILES string of the molecule is Cc1ccc(NC(=O)COc2ccc(Br)cc2[C@H]2c3sc(=O)[nH]c3SC3C2[C@H]2C[C@@H]3C3C(=O)N(c4ccc(C)cc4)C(=O)C32)cc1. The molecule has 3 heterocycles. The van der Waals surface area contributed by atoms with Gasteiger partial charge in [0.05, 0.1) is 22.5 Å². The molecule has 46 heavy (non-hydrogen) atoms. The quantitative estimate of drug-likeness (QED) is 0.221. The van der Waals surface area contributed by atoms with E-state index in [1.807, 2.05) is 80.6 Å². The number of amides is 3. The van der Waals surface area contributed by atoms with E-state index in [1.54, 1.807) is 11.8 Å². The number of nitrogens with zero attached hydrogens (tertiary/aromatic N) is 1. The van der Waals surface area contributed by atoms with E-state index < -0.39 is 5.92 Å². The fraction of sp³-hybridized carbons (Fsp3) is 0.314.